The number of thioether (sulfide) groups is 1. The van der Waals surface area contributed by atoms with Crippen molar-refractivity contribution in [3.05, 3.63) is 73.8 Å². The van der Waals surface area contributed by atoms with Gasteiger partial charge in [-0.3, -0.25) is 4.79 Å². The number of carbonyl (C=O) groups excluding carboxylic acids is 2. The SMILES string of the molecule is CCCC(=O)N=C1S/C(=C\c2ccc(OCc3ccc(Cl)cc3Cl)c(OCC)c2)C(O)=C1C(=O)OCC. The minimum Gasteiger partial charge on any atom is -0.506 e. The van der Waals surface area contributed by atoms with E-state index in [1.54, 1.807) is 49.4 Å². The number of ether oxygens (including phenoxy) is 3. The van der Waals surface area contributed by atoms with E-state index in [0.29, 0.717) is 45.0 Å². The molecule has 0 spiro atoms. The van der Waals surface area contributed by atoms with Gasteiger partial charge < -0.3 is 19.3 Å². The average Bonchev–Trinajstić information content (AvgIpc) is 3.14. The summed E-state index contributed by atoms with van der Waals surface area (Å²) in [5.74, 6) is -0.401. The molecule has 37 heavy (non-hydrogen) atoms. The number of esters is 1. The van der Waals surface area contributed by atoms with Crippen molar-refractivity contribution < 1.29 is 28.9 Å². The zero-order chi connectivity index (χ0) is 26.9. The molecule has 0 atom stereocenters. The Hall–Kier alpha value is -2.94. The normalized spacial score (nSPS) is 15.4. The lowest BCUT2D eigenvalue weighted by molar-refractivity contribution is -0.138. The molecule has 2 aromatic rings. The number of rotatable bonds is 10. The van der Waals surface area contributed by atoms with Crippen molar-refractivity contribution in [1.82, 2.24) is 0 Å². The molecule has 1 amide bonds. The van der Waals surface area contributed by atoms with Gasteiger partial charge in [-0.15, -0.1) is 0 Å². The van der Waals surface area contributed by atoms with Crippen LogP contribution in [0.1, 0.15) is 44.7 Å². The van der Waals surface area contributed by atoms with Gasteiger partial charge in [-0.25, -0.2) is 9.79 Å². The molecule has 0 aliphatic carbocycles. The number of hydrogen-bond acceptors (Lipinski definition) is 7. The predicted octanol–water partition coefficient (Wildman–Crippen LogP) is 7.16. The summed E-state index contributed by atoms with van der Waals surface area (Å²) in [6, 6.07) is 10.5. The van der Waals surface area contributed by atoms with Crippen LogP contribution in [0.3, 0.4) is 0 Å². The fraction of sp³-hybridized carbons (Fsp3) is 0.296. The van der Waals surface area contributed by atoms with Gasteiger partial charge in [0.1, 0.15) is 23.0 Å². The van der Waals surface area contributed by atoms with Crippen LogP contribution in [0.4, 0.5) is 0 Å². The summed E-state index contributed by atoms with van der Waals surface area (Å²) in [6.07, 6.45) is 2.53. The first-order valence-corrected chi connectivity index (χ1v) is 13.3. The molecule has 10 heteroatoms. The Morgan fingerprint density at radius 3 is 2.49 bits per heavy atom. The van der Waals surface area contributed by atoms with Crippen molar-refractivity contribution >= 4 is 58.0 Å². The Labute approximate surface area is 230 Å². The van der Waals surface area contributed by atoms with Crippen LogP contribution < -0.4 is 9.47 Å². The van der Waals surface area contributed by atoms with Crippen LogP contribution in [0.15, 0.2) is 57.6 Å². The van der Waals surface area contributed by atoms with Gasteiger partial charge in [-0.05, 0) is 56.2 Å². The van der Waals surface area contributed by atoms with Crippen LogP contribution in [-0.4, -0.2) is 35.2 Å². The first-order chi connectivity index (χ1) is 17.8. The fourth-order valence-electron chi connectivity index (χ4n) is 3.32. The number of hydrogen-bond donors (Lipinski definition) is 1. The van der Waals surface area contributed by atoms with Crippen molar-refractivity contribution in [3.8, 4) is 11.5 Å². The van der Waals surface area contributed by atoms with Gasteiger partial charge in [0.25, 0.3) is 0 Å². The first-order valence-electron chi connectivity index (χ1n) is 11.7. The molecule has 0 bridgehead atoms. The summed E-state index contributed by atoms with van der Waals surface area (Å²) < 4.78 is 16.8. The Kier molecular flexibility index (Phi) is 10.5. The third-order valence-electron chi connectivity index (χ3n) is 5.02. The third kappa shape index (κ3) is 7.53. The summed E-state index contributed by atoms with van der Waals surface area (Å²) in [6.45, 7) is 6.11. The molecule has 0 fully saturated rings. The van der Waals surface area contributed by atoms with Crippen molar-refractivity contribution in [2.75, 3.05) is 13.2 Å². The van der Waals surface area contributed by atoms with Crippen LogP contribution in [-0.2, 0) is 20.9 Å². The molecule has 1 aliphatic heterocycles. The number of benzene rings is 2. The van der Waals surface area contributed by atoms with E-state index in [1.165, 1.54) is 0 Å². The van der Waals surface area contributed by atoms with E-state index < -0.39 is 5.97 Å². The molecular weight excluding hydrogens is 537 g/mol. The number of aliphatic imine (C=N–C) groups is 1. The molecule has 0 radical (unpaired) electrons. The lowest BCUT2D eigenvalue weighted by Crippen LogP contribution is -2.14. The molecule has 1 aliphatic rings. The number of amides is 1. The van der Waals surface area contributed by atoms with E-state index in [-0.39, 0.29) is 41.9 Å². The van der Waals surface area contributed by atoms with Gasteiger partial charge in [0.2, 0.25) is 5.91 Å². The molecule has 7 nitrogen and oxygen atoms in total. The van der Waals surface area contributed by atoms with Gasteiger partial charge in [-0.2, -0.15) is 0 Å². The molecule has 196 valence electrons. The van der Waals surface area contributed by atoms with E-state index in [9.17, 15) is 14.7 Å². The van der Waals surface area contributed by atoms with Crippen molar-refractivity contribution in [2.45, 2.75) is 40.2 Å². The van der Waals surface area contributed by atoms with E-state index in [2.05, 4.69) is 4.99 Å². The second-order valence-corrected chi connectivity index (χ2v) is 9.65. The van der Waals surface area contributed by atoms with Crippen LogP contribution in [0.5, 0.6) is 11.5 Å². The number of aliphatic hydroxyl groups is 1. The van der Waals surface area contributed by atoms with Crippen molar-refractivity contribution in [2.24, 2.45) is 4.99 Å². The van der Waals surface area contributed by atoms with Gasteiger partial charge in [0.05, 0.1) is 18.1 Å². The molecule has 2 aromatic carbocycles. The lowest BCUT2D eigenvalue weighted by atomic mass is 10.1. The summed E-state index contributed by atoms with van der Waals surface area (Å²) >= 11 is 13.2. The van der Waals surface area contributed by atoms with E-state index in [1.807, 2.05) is 13.8 Å². The maximum Gasteiger partial charge on any atom is 0.344 e. The van der Waals surface area contributed by atoms with E-state index >= 15 is 0 Å². The van der Waals surface area contributed by atoms with Crippen molar-refractivity contribution in [3.63, 3.8) is 0 Å². The minimum atomic E-state index is -0.737. The topological polar surface area (TPSA) is 94.4 Å². The molecule has 0 saturated carbocycles. The van der Waals surface area contributed by atoms with Gasteiger partial charge >= 0.3 is 5.97 Å². The highest BCUT2D eigenvalue weighted by Gasteiger charge is 2.33. The van der Waals surface area contributed by atoms with Crippen molar-refractivity contribution in [1.29, 1.82) is 0 Å². The molecule has 0 saturated heterocycles. The first kappa shape index (κ1) is 28.6. The zero-order valence-corrected chi connectivity index (χ0v) is 23.0. The standard InChI is InChI=1S/C27H27Cl2NO6S/c1-4-7-23(31)30-26-24(27(33)35-6-3)25(32)22(37-26)13-16-8-11-20(21(12-16)34-5-2)36-15-17-9-10-18(28)14-19(17)29/h8-14,32H,4-7,15H2,1-3H3/b22-13-,30-26?. The van der Waals surface area contributed by atoms with Crippen LogP contribution in [0, 0.1) is 0 Å². The largest absolute Gasteiger partial charge is 0.506 e. The van der Waals surface area contributed by atoms with Crippen LogP contribution in [0.2, 0.25) is 10.0 Å². The smallest absolute Gasteiger partial charge is 0.344 e. The molecule has 1 heterocycles. The Bertz CT molecular complexity index is 1270. The Balaban J connectivity index is 1.90. The summed E-state index contributed by atoms with van der Waals surface area (Å²) in [5, 5.41) is 12.0. The van der Waals surface area contributed by atoms with Gasteiger partial charge in [0.15, 0.2) is 11.5 Å². The highest BCUT2D eigenvalue weighted by Crippen LogP contribution is 2.40. The number of aliphatic hydroxyl groups excluding tert-OH is 1. The van der Waals surface area contributed by atoms with E-state index in [0.717, 1.165) is 17.3 Å². The second-order valence-electron chi connectivity index (χ2n) is 7.78. The molecule has 0 aromatic heterocycles. The molecule has 0 unspecified atom stereocenters. The van der Waals surface area contributed by atoms with Crippen LogP contribution in [0.25, 0.3) is 6.08 Å². The number of halogens is 2. The van der Waals surface area contributed by atoms with Gasteiger partial charge in [-0.1, -0.05) is 54.0 Å². The summed E-state index contributed by atoms with van der Waals surface area (Å²) in [5.41, 5.74) is 1.33. The summed E-state index contributed by atoms with van der Waals surface area (Å²) in [4.78, 5) is 29.0. The zero-order valence-electron chi connectivity index (χ0n) is 20.7. The lowest BCUT2D eigenvalue weighted by Gasteiger charge is -2.13. The Morgan fingerprint density at radius 1 is 1.03 bits per heavy atom. The van der Waals surface area contributed by atoms with Crippen LogP contribution >= 0.6 is 35.0 Å². The molecule has 3 rings (SSSR count). The van der Waals surface area contributed by atoms with Gasteiger partial charge in [0, 0.05) is 22.0 Å². The third-order valence-corrected chi connectivity index (χ3v) is 6.63. The average molecular weight is 564 g/mol. The second kappa shape index (κ2) is 13.6. The maximum absolute atomic E-state index is 12.5. The molecule has 1 N–H and O–H groups in total. The number of nitrogens with zero attached hydrogens (tertiary/aromatic N) is 1. The highest BCUT2D eigenvalue weighted by molar-refractivity contribution is 8.18. The monoisotopic (exact) mass is 563 g/mol. The Morgan fingerprint density at radius 2 is 1.81 bits per heavy atom. The quantitative estimate of drug-likeness (QED) is 0.306. The predicted molar refractivity (Wildman–Crippen MR) is 148 cm³/mol. The maximum atomic E-state index is 12.5. The highest BCUT2D eigenvalue weighted by atomic mass is 35.5. The minimum absolute atomic E-state index is 0.116. The fourth-order valence-corrected chi connectivity index (χ4v) is 4.82. The number of carbonyl (C=O) groups is 2. The summed E-state index contributed by atoms with van der Waals surface area (Å²) in [7, 11) is 0. The van der Waals surface area contributed by atoms with E-state index in [4.69, 9.17) is 37.4 Å². The molecular formula is C27H27Cl2NO6S.